The summed E-state index contributed by atoms with van der Waals surface area (Å²) in [5, 5.41) is 0.765. The highest BCUT2D eigenvalue weighted by Crippen LogP contribution is 2.27. The van der Waals surface area contributed by atoms with Crippen LogP contribution in [0.15, 0.2) is 30.6 Å². The van der Waals surface area contributed by atoms with E-state index in [2.05, 4.69) is 20.9 Å². The maximum Gasteiger partial charge on any atom is 0.316 e. The Morgan fingerprint density at radius 2 is 1.83 bits per heavy atom. The van der Waals surface area contributed by atoms with E-state index in [9.17, 15) is 4.79 Å². The smallest absolute Gasteiger partial charge is 0.316 e. The van der Waals surface area contributed by atoms with Crippen molar-refractivity contribution >= 4 is 23.2 Å². The molecule has 126 valence electrons. The summed E-state index contributed by atoms with van der Waals surface area (Å²) in [7, 11) is 1.49. The quantitative estimate of drug-likeness (QED) is 0.854. The van der Waals surface area contributed by atoms with Gasteiger partial charge in [-0.15, -0.1) is 0 Å². The number of carbonyl (C=O) groups excluding carboxylic acids is 1. The monoisotopic (exact) mass is 346 g/mol. The number of anilines is 1. The molecule has 2 aromatic rings. The number of ether oxygens (including phenoxy) is 1. The first kappa shape index (κ1) is 16.5. The summed E-state index contributed by atoms with van der Waals surface area (Å²) in [6.07, 6.45) is 3.00. The SMILES string of the molecule is COc1ncc(C(=O)N2CCN(c3cccc(Cl)c3C)CC2)cn1. The van der Waals surface area contributed by atoms with Crippen molar-refractivity contribution in [1.82, 2.24) is 14.9 Å². The van der Waals surface area contributed by atoms with E-state index < -0.39 is 0 Å². The van der Waals surface area contributed by atoms with Gasteiger partial charge in [-0.2, -0.15) is 0 Å². The van der Waals surface area contributed by atoms with Gasteiger partial charge >= 0.3 is 6.01 Å². The highest BCUT2D eigenvalue weighted by Gasteiger charge is 2.23. The van der Waals surface area contributed by atoms with E-state index in [4.69, 9.17) is 16.3 Å². The summed E-state index contributed by atoms with van der Waals surface area (Å²) in [4.78, 5) is 24.6. The molecule has 0 N–H and O–H groups in total. The number of nitrogens with zero attached hydrogens (tertiary/aromatic N) is 4. The van der Waals surface area contributed by atoms with Crippen LogP contribution in [0.4, 0.5) is 5.69 Å². The average Bonchev–Trinajstić information content (AvgIpc) is 2.64. The number of hydrogen-bond donors (Lipinski definition) is 0. The Bertz CT molecular complexity index is 728. The van der Waals surface area contributed by atoms with Crippen LogP contribution in [0.1, 0.15) is 15.9 Å². The first-order valence-electron chi connectivity index (χ1n) is 7.75. The lowest BCUT2D eigenvalue weighted by molar-refractivity contribution is 0.0745. The van der Waals surface area contributed by atoms with Gasteiger partial charge < -0.3 is 14.5 Å². The van der Waals surface area contributed by atoms with Gasteiger partial charge in [0, 0.05) is 49.3 Å². The Kier molecular flexibility index (Phi) is 4.85. The van der Waals surface area contributed by atoms with Gasteiger partial charge in [-0.05, 0) is 24.6 Å². The lowest BCUT2D eigenvalue weighted by Crippen LogP contribution is -2.49. The molecule has 1 aliphatic heterocycles. The van der Waals surface area contributed by atoms with E-state index in [0.717, 1.165) is 29.4 Å². The molecule has 1 fully saturated rings. The van der Waals surface area contributed by atoms with Gasteiger partial charge in [0.2, 0.25) is 0 Å². The highest BCUT2D eigenvalue weighted by molar-refractivity contribution is 6.31. The Balaban J connectivity index is 1.66. The zero-order chi connectivity index (χ0) is 17.1. The predicted octanol–water partition coefficient (Wildman–Crippen LogP) is 2.41. The standard InChI is InChI=1S/C17H19ClN4O2/c1-12-14(18)4-3-5-15(12)21-6-8-22(9-7-21)16(23)13-10-19-17(24-2)20-11-13/h3-5,10-11H,6-9H2,1-2H3. The largest absolute Gasteiger partial charge is 0.467 e. The normalized spacial score (nSPS) is 14.6. The Morgan fingerprint density at radius 1 is 1.17 bits per heavy atom. The van der Waals surface area contributed by atoms with Crippen LogP contribution < -0.4 is 9.64 Å². The van der Waals surface area contributed by atoms with Crippen molar-refractivity contribution in [3.05, 3.63) is 46.7 Å². The van der Waals surface area contributed by atoms with Crippen molar-refractivity contribution in [2.75, 3.05) is 38.2 Å². The third kappa shape index (κ3) is 3.28. The van der Waals surface area contributed by atoms with Crippen LogP contribution in [0, 0.1) is 6.92 Å². The number of carbonyl (C=O) groups is 1. The number of hydrogen-bond acceptors (Lipinski definition) is 5. The first-order valence-corrected chi connectivity index (χ1v) is 8.13. The predicted molar refractivity (Wildman–Crippen MR) is 92.9 cm³/mol. The van der Waals surface area contributed by atoms with Gasteiger partial charge in [-0.1, -0.05) is 17.7 Å². The summed E-state index contributed by atoms with van der Waals surface area (Å²) in [6.45, 7) is 4.85. The number of piperazine rings is 1. The molecule has 0 saturated carbocycles. The van der Waals surface area contributed by atoms with Gasteiger partial charge in [0.1, 0.15) is 0 Å². The molecule has 0 bridgehead atoms. The lowest BCUT2D eigenvalue weighted by Gasteiger charge is -2.36. The second-order valence-electron chi connectivity index (χ2n) is 5.62. The van der Waals surface area contributed by atoms with Crippen LogP contribution in [0.2, 0.25) is 5.02 Å². The van der Waals surface area contributed by atoms with E-state index in [0.29, 0.717) is 18.7 Å². The molecule has 1 aliphatic rings. The van der Waals surface area contributed by atoms with E-state index in [1.807, 2.05) is 24.0 Å². The van der Waals surface area contributed by atoms with E-state index in [1.54, 1.807) is 0 Å². The van der Waals surface area contributed by atoms with Crippen LogP contribution in [0.5, 0.6) is 6.01 Å². The highest BCUT2D eigenvalue weighted by atomic mass is 35.5. The Hall–Kier alpha value is -2.34. The van der Waals surface area contributed by atoms with Crippen molar-refractivity contribution < 1.29 is 9.53 Å². The van der Waals surface area contributed by atoms with Gasteiger partial charge in [-0.3, -0.25) is 4.79 Å². The van der Waals surface area contributed by atoms with E-state index in [-0.39, 0.29) is 11.9 Å². The number of benzene rings is 1. The number of aromatic nitrogens is 2. The minimum atomic E-state index is -0.0554. The molecule has 1 saturated heterocycles. The van der Waals surface area contributed by atoms with Crippen molar-refractivity contribution in [3.63, 3.8) is 0 Å². The topological polar surface area (TPSA) is 58.6 Å². The first-order chi connectivity index (χ1) is 11.6. The summed E-state index contributed by atoms with van der Waals surface area (Å²) in [5.41, 5.74) is 2.67. The third-order valence-electron chi connectivity index (χ3n) is 4.20. The minimum absolute atomic E-state index is 0.0554. The number of amides is 1. The van der Waals surface area contributed by atoms with Gasteiger partial charge in [-0.25, -0.2) is 9.97 Å². The molecule has 1 amide bonds. The third-order valence-corrected chi connectivity index (χ3v) is 4.61. The van der Waals surface area contributed by atoms with Crippen LogP contribution in [-0.4, -0.2) is 54.1 Å². The summed E-state index contributed by atoms with van der Waals surface area (Å²) < 4.78 is 4.91. The van der Waals surface area contributed by atoms with Gasteiger partial charge in [0.25, 0.3) is 5.91 Å². The maximum atomic E-state index is 12.5. The Labute approximate surface area is 146 Å². The van der Waals surface area contributed by atoms with Crippen molar-refractivity contribution in [2.45, 2.75) is 6.92 Å². The Morgan fingerprint density at radius 3 is 2.46 bits per heavy atom. The lowest BCUT2D eigenvalue weighted by atomic mass is 10.1. The van der Waals surface area contributed by atoms with Gasteiger partial charge in [0.15, 0.2) is 0 Å². The molecular weight excluding hydrogens is 328 g/mol. The second kappa shape index (κ2) is 7.05. The fourth-order valence-corrected chi connectivity index (χ4v) is 2.97. The molecule has 7 heteroatoms. The fourth-order valence-electron chi connectivity index (χ4n) is 2.80. The van der Waals surface area contributed by atoms with Crippen molar-refractivity contribution in [1.29, 1.82) is 0 Å². The van der Waals surface area contributed by atoms with Crippen LogP contribution >= 0.6 is 11.6 Å². The maximum absolute atomic E-state index is 12.5. The summed E-state index contributed by atoms with van der Waals surface area (Å²) in [6, 6.07) is 6.17. The van der Waals surface area contributed by atoms with Crippen LogP contribution in [-0.2, 0) is 0 Å². The van der Waals surface area contributed by atoms with E-state index >= 15 is 0 Å². The van der Waals surface area contributed by atoms with Crippen LogP contribution in [0.3, 0.4) is 0 Å². The summed E-state index contributed by atoms with van der Waals surface area (Å²) >= 11 is 6.20. The summed E-state index contributed by atoms with van der Waals surface area (Å²) in [5.74, 6) is -0.0554. The second-order valence-corrected chi connectivity index (χ2v) is 6.03. The molecule has 1 aromatic heterocycles. The molecule has 6 nitrogen and oxygen atoms in total. The number of methoxy groups -OCH3 is 1. The molecule has 3 rings (SSSR count). The van der Waals surface area contributed by atoms with Crippen molar-refractivity contribution in [2.24, 2.45) is 0 Å². The number of rotatable bonds is 3. The van der Waals surface area contributed by atoms with Gasteiger partial charge in [0.05, 0.1) is 12.7 Å². The van der Waals surface area contributed by atoms with Crippen LogP contribution in [0.25, 0.3) is 0 Å². The molecular formula is C17H19ClN4O2. The molecule has 24 heavy (non-hydrogen) atoms. The number of halogens is 1. The van der Waals surface area contributed by atoms with E-state index in [1.165, 1.54) is 19.5 Å². The molecule has 0 aliphatic carbocycles. The fraction of sp³-hybridized carbons (Fsp3) is 0.353. The molecule has 0 radical (unpaired) electrons. The molecule has 0 spiro atoms. The average molecular weight is 347 g/mol. The molecule has 0 atom stereocenters. The van der Waals surface area contributed by atoms with Crippen molar-refractivity contribution in [3.8, 4) is 6.01 Å². The molecule has 2 heterocycles. The molecule has 1 aromatic carbocycles. The zero-order valence-corrected chi connectivity index (χ0v) is 14.5. The molecule has 0 unspecified atom stereocenters. The zero-order valence-electron chi connectivity index (χ0n) is 13.7. The minimum Gasteiger partial charge on any atom is -0.467 e.